The van der Waals surface area contributed by atoms with Crippen molar-refractivity contribution in [3.8, 4) is 17.1 Å². The van der Waals surface area contributed by atoms with Crippen LogP contribution in [0.4, 0.5) is 0 Å². The van der Waals surface area contributed by atoms with Crippen LogP contribution in [0.1, 0.15) is 39.3 Å². The summed E-state index contributed by atoms with van der Waals surface area (Å²) in [7, 11) is 0. The highest BCUT2D eigenvalue weighted by atomic mass is 16.5. The van der Waals surface area contributed by atoms with E-state index in [1.165, 1.54) is 6.07 Å². The van der Waals surface area contributed by atoms with Gasteiger partial charge in [0.1, 0.15) is 5.75 Å². The highest BCUT2D eigenvalue weighted by Gasteiger charge is 2.13. The first kappa shape index (κ1) is 18.4. The lowest BCUT2D eigenvalue weighted by Crippen LogP contribution is -2.25. The molecule has 2 aromatic carbocycles. The van der Waals surface area contributed by atoms with Crippen LogP contribution in [0, 0.1) is 6.92 Å². The Bertz CT molecular complexity index is 948. The number of carbonyl (C=O) groups excluding carboxylic acids is 2. The van der Waals surface area contributed by atoms with Gasteiger partial charge in [-0.15, -0.1) is 0 Å². The number of hydrogen-bond donors (Lipinski definition) is 2. The molecule has 1 amide bonds. The van der Waals surface area contributed by atoms with Gasteiger partial charge in [0.05, 0.1) is 0 Å². The van der Waals surface area contributed by atoms with Crippen molar-refractivity contribution in [3.05, 3.63) is 71.4 Å². The Kier molecular flexibility index (Phi) is 5.66. The molecule has 6 heteroatoms. The molecule has 138 valence electrons. The summed E-state index contributed by atoms with van der Waals surface area (Å²) in [4.78, 5) is 24.3. The Morgan fingerprint density at radius 3 is 2.63 bits per heavy atom. The minimum absolute atomic E-state index is 0.0276. The van der Waals surface area contributed by atoms with Gasteiger partial charge >= 0.3 is 0 Å². The van der Waals surface area contributed by atoms with Crippen LogP contribution in [0.3, 0.4) is 0 Å². The molecule has 0 atom stereocenters. The molecule has 0 saturated carbocycles. The summed E-state index contributed by atoms with van der Waals surface area (Å²) in [5.41, 5.74) is 2.27. The number of nitrogens with zero attached hydrogens (tertiary/aromatic N) is 1. The van der Waals surface area contributed by atoms with Crippen LogP contribution >= 0.6 is 0 Å². The number of nitrogens with one attached hydrogen (secondary N) is 1. The van der Waals surface area contributed by atoms with Gasteiger partial charge in [0.25, 0.3) is 5.91 Å². The predicted molar refractivity (Wildman–Crippen MR) is 101 cm³/mol. The number of aromatic hydroxyl groups is 1. The summed E-state index contributed by atoms with van der Waals surface area (Å²) < 4.78 is 5.21. The van der Waals surface area contributed by atoms with Crippen molar-refractivity contribution >= 4 is 11.7 Å². The monoisotopic (exact) mass is 364 g/mol. The van der Waals surface area contributed by atoms with Crippen molar-refractivity contribution in [2.24, 2.45) is 0 Å². The lowest BCUT2D eigenvalue weighted by Gasteiger charge is -2.05. The van der Waals surface area contributed by atoms with E-state index in [1.807, 2.05) is 30.3 Å². The molecule has 0 aliphatic rings. The number of Topliss-reactive ketones (excluding diaryl/α,β-unsaturated/α-hetero) is 1. The number of amides is 1. The zero-order valence-corrected chi connectivity index (χ0v) is 14.9. The number of phenols is 1. The van der Waals surface area contributed by atoms with E-state index < -0.39 is 0 Å². The second-order valence-electron chi connectivity index (χ2n) is 6.23. The normalized spacial score (nSPS) is 10.6. The summed E-state index contributed by atoms with van der Waals surface area (Å²) in [6.45, 7) is 2.10. The Hall–Kier alpha value is -3.41. The topological polar surface area (TPSA) is 92.4 Å². The van der Waals surface area contributed by atoms with Gasteiger partial charge in [0.2, 0.25) is 0 Å². The fourth-order valence-electron chi connectivity index (χ4n) is 2.64. The summed E-state index contributed by atoms with van der Waals surface area (Å²) in [6.07, 6.45) is 0.812. The van der Waals surface area contributed by atoms with Crippen LogP contribution in [-0.4, -0.2) is 28.5 Å². The fourth-order valence-corrected chi connectivity index (χ4v) is 2.64. The molecule has 3 rings (SSSR count). The molecule has 6 nitrogen and oxygen atoms in total. The average Bonchev–Trinajstić information content (AvgIpc) is 3.18. The van der Waals surface area contributed by atoms with E-state index in [-0.39, 0.29) is 23.1 Å². The smallest absolute Gasteiger partial charge is 0.273 e. The second kappa shape index (κ2) is 8.31. The first-order valence-corrected chi connectivity index (χ1v) is 8.68. The Morgan fingerprint density at radius 2 is 1.89 bits per heavy atom. The van der Waals surface area contributed by atoms with Crippen LogP contribution < -0.4 is 5.32 Å². The highest BCUT2D eigenvalue weighted by Crippen LogP contribution is 2.20. The molecule has 1 heterocycles. The minimum Gasteiger partial charge on any atom is -0.508 e. The molecule has 0 spiro atoms. The maximum atomic E-state index is 12.2. The lowest BCUT2D eigenvalue weighted by atomic mass is 10.0. The third-order valence-electron chi connectivity index (χ3n) is 4.19. The molecule has 0 aliphatic carbocycles. The number of hydrogen-bond acceptors (Lipinski definition) is 5. The van der Waals surface area contributed by atoms with Crippen LogP contribution in [0.25, 0.3) is 11.3 Å². The molecule has 0 radical (unpaired) electrons. The van der Waals surface area contributed by atoms with Crippen molar-refractivity contribution in [1.29, 1.82) is 0 Å². The van der Waals surface area contributed by atoms with Gasteiger partial charge < -0.3 is 14.9 Å². The van der Waals surface area contributed by atoms with E-state index in [2.05, 4.69) is 10.5 Å². The SMILES string of the molecule is Cc1cc(C(=O)CCCNC(=O)c2cc(-c3ccccc3)on2)ccc1O. The van der Waals surface area contributed by atoms with Crippen molar-refractivity contribution in [3.63, 3.8) is 0 Å². The number of phenolic OH excluding ortho intramolecular Hbond substituents is 1. The van der Waals surface area contributed by atoms with Gasteiger partial charge in [0, 0.05) is 30.2 Å². The molecule has 0 saturated heterocycles. The molecular weight excluding hydrogens is 344 g/mol. The van der Waals surface area contributed by atoms with Crippen molar-refractivity contribution in [2.75, 3.05) is 6.54 Å². The Balaban J connectivity index is 1.48. The van der Waals surface area contributed by atoms with Crippen molar-refractivity contribution in [1.82, 2.24) is 10.5 Å². The van der Waals surface area contributed by atoms with Crippen LogP contribution in [0.15, 0.2) is 59.1 Å². The lowest BCUT2D eigenvalue weighted by molar-refractivity contribution is 0.0931. The largest absolute Gasteiger partial charge is 0.508 e. The Labute approximate surface area is 156 Å². The van der Waals surface area contributed by atoms with Gasteiger partial charge in [0.15, 0.2) is 17.2 Å². The van der Waals surface area contributed by atoms with Gasteiger partial charge in [-0.05, 0) is 37.1 Å². The van der Waals surface area contributed by atoms with Crippen molar-refractivity contribution in [2.45, 2.75) is 19.8 Å². The fraction of sp³-hybridized carbons (Fsp3) is 0.190. The van der Waals surface area contributed by atoms with E-state index in [9.17, 15) is 14.7 Å². The van der Waals surface area contributed by atoms with Gasteiger partial charge in [-0.25, -0.2) is 0 Å². The number of rotatable bonds is 7. The molecule has 27 heavy (non-hydrogen) atoms. The van der Waals surface area contributed by atoms with Gasteiger partial charge in [-0.3, -0.25) is 9.59 Å². The van der Waals surface area contributed by atoms with Gasteiger partial charge in [-0.1, -0.05) is 35.5 Å². The standard InChI is InChI=1S/C21H20N2O4/c1-14-12-16(9-10-18(14)24)19(25)8-5-11-22-21(26)17-13-20(27-23-17)15-6-3-2-4-7-15/h2-4,6-7,9-10,12-13,24H,5,8,11H2,1H3,(H,22,26). The van der Waals surface area contributed by atoms with E-state index in [4.69, 9.17) is 4.52 Å². The molecule has 2 N–H and O–H groups in total. The summed E-state index contributed by atoms with van der Waals surface area (Å²) in [6, 6.07) is 15.8. The first-order valence-electron chi connectivity index (χ1n) is 8.68. The van der Waals surface area contributed by atoms with Gasteiger partial charge in [-0.2, -0.15) is 0 Å². The molecule has 0 aliphatic heterocycles. The molecule has 0 unspecified atom stereocenters. The quantitative estimate of drug-likeness (QED) is 0.492. The molecule has 0 bridgehead atoms. The van der Waals surface area contributed by atoms with Crippen molar-refractivity contribution < 1.29 is 19.2 Å². The molecule has 1 aromatic heterocycles. The number of aromatic nitrogens is 1. The zero-order valence-electron chi connectivity index (χ0n) is 14.9. The molecular formula is C21H20N2O4. The highest BCUT2D eigenvalue weighted by molar-refractivity contribution is 5.96. The number of aryl methyl sites for hydroxylation is 1. The minimum atomic E-state index is -0.339. The second-order valence-corrected chi connectivity index (χ2v) is 6.23. The Morgan fingerprint density at radius 1 is 1.11 bits per heavy atom. The number of carbonyl (C=O) groups is 2. The zero-order chi connectivity index (χ0) is 19.2. The summed E-state index contributed by atoms with van der Waals surface area (Å²) >= 11 is 0. The summed E-state index contributed by atoms with van der Waals surface area (Å²) in [5, 5.41) is 16.0. The van der Waals surface area contributed by atoms with Crippen LogP contribution in [0.5, 0.6) is 5.75 Å². The van der Waals surface area contributed by atoms with E-state index >= 15 is 0 Å². The average molecular weight is 364 g/mol. The van der Waals surface area contributed by atoms with E-state index in [0.717, 1.165) is 5.56 Å². The van der Waals surface area contributed by atoms with E-state index in [0.29, 0.717) is 36.3 Å². The molecule has 3 aromatic rings. The number of benzene rings is 2. The number of ketones is 1. The molecule has 0 fully saturated rings. The predicted octanol–water partition coefficient (Wildman–Crippen LogP) is 3.75. The van der Waals surface area contributed by atoms with Crippen LogP contribution in [-0.2, 0) is 0 Å². The van der Waals surface area contributed by atoms with E-state index in [1.54, 1.807) is 25.1 Å². The third-order valence-corrected chi connectivity index (χ3v) is 4.19. The van der Waals surface area contributed by atoms with Crippen LogP contribution in [0.2, 0.25) is 0 Å². The summed E-state index contributed by atoms with van der Waals surface area (Å²) in [5.74, 6) is 0.328. The first-order chi connectivity index (χ1) is 13.0. The maximum absolute atomic E-state index is 12.2. The third kappa shape index (κ3) is 4.61. The maximum Gasteiger partial charge on any atom is 0.273 e.